The van der Waals surface area contributed by atoms with Gasteiger partial charge in [0.05, 0.1) is 7.11 Å². The molecule has 6 heteroatoms. The molecule has 6 nitrogen and oxygen atoms in total. The van der Waals surface area contributed by atoms with Crippen LogP contribution in [0.5, 0.6) is 5.75 Å². The first kappa shape index (κ1) is 13.5. The number of nitrogens with zero attached hydrogens (tertiary/aromatic N) is 4. The Labute approximate surface area is 123 Å². The lowest BCUT2D eigenvalue weighted by atomic mass is 10.2. The van der Waals surface area contributed by atoms with Gasteiger partial charge in [-0.25, -0.2) is 9.78 Å². The second kappa shape index (κ2) is 5.87. The molecule has 0 bridgehead atoms. The maximum Gasteiger partial charge on any atom is 0.329 e. The number of aromatic nitrogens is 2. The Hall–Kier alpha value is -2.50. The molecule has 2 heterocycles. The summed E-state index contributed by atoms with van der Waals surface area (Å²) >= 11 is 0. The van der Waals surface area contributed by atoms with Gasteiger partial charge in [0.2, 0.25) is 0 Å². The maximum absolute atomic E-state index is 12.2. The fourth-order valence-electron chi connectivity index (χ4n) is 2.48. The molecule has 1 aliphatic rings. The number of imidazole rings is 1. The third-order valence-electron chi connectivity index (χ3n) is 3.71. The smallest absolute Gasteiger partial charge is 0.329 e. The predicted octanol–water partition coefficient (Wildman–Crippen LogP) is 1.68. The molecule has 2 aromatic rings. The fourth-order valence-corrected chi connectivity index (χ4v) is 2.48. The van der Waals surface area contributed by atoms with Gasteiger partial charge in [0, 0.05) is 44.3 Å². The van der Waals surface area contributed by atoms with Crippen LogP contribution in [0.25, 0.3) is 0 Å². The number of benzene rings is 1. The van der Waals surface area contributed by atoms with E-state index in [2.05, 4.69) is 9.88 Å². The third-order valence-corrected chi connectivity index (χ3v) is 3.71. The number of rotatable bonds is 2. The number of amides is 1. The molecule has 0 atom stereocenters. The highest BCUT2D eigenvalue weighted by molar-refractivity contribution is 5.77. The molecular formula is C15H18N4O2. The van der Waals surface area contributed by atoms with Crippen LogP contribution in [0, 0.1) is 0 Å². The molecule has 0 spiro atoms. The largest absolute Gasteiger partial charge is 0.497 e. The van der Waals surface area contributed by atoms with Gasteiger partial charge in [-0.05, 0) is 24.3 Å². The van der Waals surface area contributed by atoms with Gasteiger partial charge in [-0.15, -0.1) is 0 Å². The van der Waals surface area contributed by atoms with Gasteiger partial charge >= 0.3 is 6.03 Å². The van der Waals surface area contributed by atoms with E-state index < -0.39 is 0 Å². The van der Waals surface area contributed by atoms with Gasteiger partial charge < -0.3 is 14.5 Å². The van der Waals surface area contributed by atoms with Crippen molar-refractivity contribution in [1.82, 2.24) is 14.5 Å². The lowest BCUT2D eigenvalue weighted by Gasteiger charge is -2.36. The first-order valence-corrected chi connectivity index (χ1v) is 6.94. The van der Waals surface area contributed by atoms with E-state index in [0.717, 1.165) is 24.5 Å². The number of carbonyl (C=O) groups excluding carboxylic acids is 1. The highest BCUT2D eigenvalue weighted by atomic mass is 16.5. The summed E-state index contributed by atoms with van der Waals surface area (Å²) in [5.74, 6) is 0.854. The summed E-state index contributed by atoms with van der Waals surface area (Å²) in [6, 6.07) is 8.00. The Morgan fingerprint density at radius 2 is 1.86 bits per heavy atom. The number of piperazine rings is 1. The summed E-state index contributed by atoms with van der Waals surface area (Å²) in [6.45, 7) is 3.08. The van der Waals surface area contributed by atoms with Crippen molar-refractivity contribution in [2.24, 2.45) is 0 Å². The van der Waals surface area contributed by atoms with Crippen LogP contribution in [0.15, 0.2) is 43.0 Å². The molecule has 0 aliphatic carbocycles. The second-order valence-electron chi connectivity index (χ2n) is 4.92. The molecule has 1 aromatic heterocycles. The third kappa shape index (κ3) is 2.84. The Kier molecular flexibility index (Phi) is 3.77. The summed E-state index contributed by atoms with van der Waals surface area (Å²) in [5.41, 5.74) is 1.16. The van der Waals surface area contributed by atoms with Crippen molar-refractivity contribution in [2.45, 2.75) is 0 Å². The molecule has 1 aromatic carbocycles. The van der Waals surface area contributed by atoms with Crippen LogP contribution >= 0.6 is 0 Å². The van der Waals surface area contributed by atoms with E-state index >= 15 is 0 Å². The molecule has 1 fully saturated rings. The van der Waals surface area contributed by atoms with E-state index in [1.807, 2.05) is 29.2 Å². The zero-order chi connectivity index (χ0) is 14.7. The maximum atomic E-state index is 12.2. The van der Waals surface area contributed by atoms with Crippen LogP contribution in [0.1, 0.15) is 0 Å². The monoisotopic (exact) mass is 286 g/mol. The lowest BCUT2D eigenvalue weighted by molar-refractivity contribution is 0.196. The summed E-state index contributed by atoms with van der Waals surface area (Å²) < 4.78 is 6.68. The first-order valence-electron chi connectivity index (χ1n) is 6.94. The molecule has 110 valence electrons. The zero-order valence-electron chi connectivity index (χ0n) is 12.0. The summed E-state index contributed by atoms with van der Waals surface area (Å²) in [7, 11) is 1.66. The van der Waals surface area contributed by atoms with Crippen molar-refractivity contribution < 1.29 is 9.53 Å². The predicted molar refractivity (Wildman–Crippen MR) is 79.8 cm³/mol. The Morgan fingerprint density at radius 1 is 1.14 bits per heavy atom. The van der Waals surface area contributed by atoms with Crippen LogP contribution in [-0.2, 0) is 0 Å². The van der Waals surface area contributed by atoms with Crippen molar-refractivity contribution in [3.8, 4) is 5.75 Å². The summed E-state index contributed by atoms with van der Waals surface area (Å²) in [5, 5.41) is 0. The fraction of sp³-hybridized carbons (Fsp3) is 0.333. The van der Waals surface area contributed by atoms with Crippen molar-refractivity contribution >= 4 is 11.7 Å². The number of hydrogen-bond acceptors (Lipinski definition) is 4. The van der Waals surface area contributed by atoms with Gasteiger partial charge in [-0.1, -0.05) is 0 Å². The van der Waals surface area contributed by atoms with Crippen molar-refractivity contribution in [2.75, 3.05) is 38.2 Å². The van der Waals surface area contributed by atoms with E-state index in [4.69, 9.17) is 4.74 Å². The van der Waals surface area contributed by atoms with Crippen LogP contribution in [0.4, 0.5) is 10.5 Å². The zero-order valence-corrected chi connectivity index (χ0v) is 12.0. The van der Waals surface area contributed by atoms with E-state index in [-0.39, 0.29) is 6.03 Å². The standard InChI is InChI=1S/C15H18N4O2/c1-21-14-4-2-13(3-5-14)17-8-10-18(11-9-17)15(20)19-7-6-16-12-19/h2-7,12H,8-11H2,1H3. The number of anilines is 1. The Morgan fingerprint density at radius 3 is 2.43 bits per heavy atom. The topological polar surface area (TPSA) is 50.6 Å². The number of methoxy groups -OCH3 is 1. The molecule has 0 N–H and O–H groups in total. The molecule has 1 aliphatic heterocycles. The molecule has 3 rings (SSSR count). The van der Waals surface area contributed by atoms with E-state index in [1.54, 1.807) is 19.5 Å². The minimum absolute atomic E-state index is 0.0121. The summed E-state index contributed by atoms with van der Waals surface area (Å²) in [6.07, 6.45) is 4.84. The minimum Gasteiger partial charge on any atom is -0.497 e. The number of ether oxygens (including phenoxy) is 1. The van der Waals surface area contributed by atoms with Gasteiger partial charge in [0.1, 0.15) is 12.1 Å². The van der Waals surface area contributed by atoms with Crippen LogP contribution in [-0.4, -0.2) is 53.8 Å². The first-order chi connectivity index (χ1) is 10.3. The lowest BCUT2D eigenvalue weighted by Crippen LogP contribution is -2.49. The van der Waals surface area contributed by atoms with Crippen LogP contribution in [0.2, 0.25) is 0 Å². The van der Waals surface area contributed by atoms with Crippen molar-refractivity contribution in [1.29, 1.82) is 0 Å². The van der Waals surface area contributed by atoms with E-state index in [9.17, 15) is 4.79 Å². The Bertz CT molecular complexity index is 587. The molecular weight excluding hydrogens is 268 g/mol. The van der Waals surface area contributed by atoms with Gasteiger partial charge in [0.25, 0.3) is 0 Å². The highest BCUT2D eigenvalue weighted by Crippen LogP contribution is 2.20. The van der Waals surface area contributed by atoms with Crippen LogP contribution in [0.3, 0.4) is 0 Å². The van der Waals surface area contributed by atoms with Crippen molar-refractivity contribution in [3.63, 3.8) is 0 Å². The molecule has 0 unspecified atom stereocenters. The second-order valence-corrected chi connectivity index (χ2v) is 4.92. The number of hydrogen-bond donors (Lipinski definition) is 0. The van der Waals surface area contributed by atoms with Gasteiger partial charge in [-0.3, -0.25) is 4.57 Å². The SMILES string of the molecule is COc1ccc(N2CCN(C(=O)n3ccnc3)CC2)cc1. The average Bonchev–Trinajstić information content (AvgIpc) is 3.09. The normalized spacial score (nSPS) is 15.1. The molecule has 1 amide bonds. The van der Waals surface area contributed by atoms with Gasteiger partial charge in [-0.2, -0.15) is 0 Å². The quantitative estimate of drug-likeness (QED) is 0.843. The van der Waals surface area contributed by atoms with Gasteiger partial charge in [0.15, 0.2) is 0 Å². The van der Waals surface area contributed by atoms with Crippen LogP contribution < -0.4 is 9.64 Å². The highest BCUT2D eigenvalue weighted by Gasteiger charge is 2.22. The average molecular weight is 286 g/mol. The van der Waals surface area contributed by atoms with E-state index in [0.29, 0.717) is 13.1 Å². The van der Waals surface area contributed by atoms with Crippen molar-refractivity contribution in [3.05, 3.63) is 43.0 Å². The molecule has 21 heavy (non-hydrogen) atoms. The number of carbonyl (C=O) groups is 1. The minimum atomic E-state index is -0.0121. The van der Waals surface area contributed by atoms with E-state index in [1.165, 1.54) is 10.9 Å². The molecule has 0 saturated carbocycles. The summed E-state index contributed by atoms with van der Waals surface area (Å²) in [4.78, 5) is 20.2. The molecule has 0 radical (unpaired) electrons. The molecule has 1 saturated heterocycles. The Balaban J connectivity index is 1.60.